The van der Waals surface area contributed by atoms with E-state index in [1.54, 1.807) is 6.07 Å². The number of aryl methyl sites for hydroxylation is 1. The van der Waals surface area contributed by atoms with Crippen LogP contribution in [-0.2, 0) is 6.42 Å². The number of rotatable bonds is 4. The highest BCUT2D eigenvalue weighted by atomic mass is 16.4. The molecule has 0 spiro atoms. The largest absolute Gasteiger partial charge is 0.477 e. The van der Waals surface area contributed by atoms with Crippen LogP contribution >= 0.6 is 0 Å². The summed E-state index contributed by atoms with van der Waals surface area (Å²) in [7, 11) is 0. The molecule has 1 saturated carbocycles. The van der Waals surface area contributed by atoms with Gasteiger partial charge < -0.3 is 9.67 Å². The first-order valence-electron chi connectivity index (χ1n) is 6.74. The van der Waals surface area contributed by atoms with E-state index < -0.39 is 5.97 Å². The molecule has 98 valence electrons. The van der Waals surface area contributed by atoms with E-state index in [0.717, 1.165) is 30.5 Å². The van der Waals surface area contributed by atoms with Crippen LogP contribution < -0.4 is 0 Å². The van der Waals surface area contributed by atoms with Crippen molar-refractivity contribution in [2.75, 3.05) is 0 Å². The Bertz CT molecular complexity index is 623. The van der Waals surface area contributed by atoms with Gasteiger partial charge in [0.05, 0.1) is 0 Å². The van der Waals surface area contributed by atoms with E-state index in [1.807, 2.05) is 16.7 Å². The van der Waals surface area contributed by atoms with Crippen LogP contribution in [0.4, 0.5) is 0 Å². The van der Waals surface area contributed by atoms with Crippen LogP contribution in [0.1, 0.15) is 41.9 Å². The van der Waals surface area contributed by atoms with E-state index in [1.165, 1.54) is 5.56 Å². The van der Waals surface area contributed by atoms with Crippen LogP contribution in [0.15, 0.2) is 36.4 Å². The monoisotopic (exact) mass is 255 g/mol. The van der Waals surface area contributed by atoms with Crippen molar-refractivity contribution in [1.82, 2.24) is 4.57 Å². The summed E-state index contributed by atoms with van der Waals surface area (Å²) in [6.07, 6.45) is 3.15. The van der Waals surface area contributed by atoms with Crippen molar-refractivity contribution in [1.29, 1.82) is 0 Å². The van der Waals surface area contributed by atoms with Crippen molar-refractivity contribution in [3.05, 3.63) is 47.7 Å². The molecule has 0 amide bonds. The zero-order valence-corrected chi connectivity index (χ0v) is 11.0. The van der Waals surface area contributed by atoms with Crippen LogP contribution in [0.3, 0.4) is 0 Å². The molecule has 1 aliphatic rings. The zero-order valence-electron chi connectivity index (χ0n) is 11.0. The van der Waals surface area contributed by atoms with Crippen molar-refractivity contribution < 1.29 is 9.90 Å². The predicted molar refractivity (Wildman–Crippen MR) is 74.5 cm³/mol. The standard InChI is InChI=1S/C16H17NO2/c1-2-11-4-3-5-12(10-11)14-8-9-15(16(18)19)17(14)13-6-7-13/h3-5,8-10,13H,2,6-7H2,1H3,(H,18,19). The lowest BCUT2D eigenvalue weighted by Crippen LogP contribution is -2.08. The Morgan fingerprint density at radius 3 is 2.74 bits per heavy atom. The molecule has 0 bridgehead atoms. The lowest BCUT2D eigenvalue weighted by molar-refractivity contribution is 0.0685. The fraction of sp³-hybridized carbons (Fsp3) is 0.312. The van der Waals surface area contributed by atoms with Crippen molar-refractivity contribution in [3.8, 4) is 11.3 Å². The van der Waals surface area contributed by atoms with Crippen molar-refractivity contribution in [3.63, 3.8) is 0 Å². The van der Waals surface area contributed by atoms with Crippen LogP contribution in [0, 0.1) is 0 Å². The number of carboxylic acids is 1. The molecule has 1 aliphatic carbocycles. The first-order chi connectivity index (χ1) is 9.20. The van der Waals surface area contributed by atoms with Crippen LogP contribution in [0.25, 0.3) is 11.3 Å². The highest BCUT2D eigenvalue weighted by Gasteiger charge is 2.29. The van der Waals surface area contributed by atoms with E-state index in [-0.39, 0.29) is 0 Å². The normalized spacial score (nSPS) is 14.6. The third-order valence-corrected chi connectivity index (χ3v) is 3.68. The van der Waals surface area contributed by atoms with Crippen LogP contribution in [0.2, 0.25) is 0 Å². The van der Waals surface area contributed by atoms with Gasteiger partial charge in [0.15, 0.2) is 0 Å². The van der Waals surface area contributed by atoms with Gasteiger partial charge >= 0.3 is 5.97 Å². The lowest BCUT2D eigenvalue weighted by atomic mass is 10.1. The van der Waals surface area contributed by atoms with Crippen molar-refractivity contribution >= 4 is 5.97 Å². The molecule has 2 aromatic rings. The first-order valence-corrected chi connectivity index (χ1v) is 6.74. The van der Waals surface area contributed by atoms with Gasteiger partial charge in [-0.1, -0.05) is 25.1 Å². The third kappa shape index (κ3) is 2.16. The maximum atomic E-state index is 11.3. The molecule has 1 heterocycles. The van der Waals surface area contributed by atoms with Gasteiger partial charge in [-0.25, -0.2) is 4.79 Å². The summed E-state index contributed by atoms with van der Waals surface area (Å²) in [6, 6.07) is 12.4. The molecule has 0 atom stereocenters. The molecule has 1 aromatic heterocycles. The van der Waals surface area contributed by atoms with Gasteiger partial charge in [0, 0.05) is 11.7 Å². The Morgan fingerprint density at radius 2 is 2.11 bits per heavy atom. The molecule has 1 N–H and O–H groups in total. The summed E-state index contributed by atoms with van der Waals surface area (Å²) in [5, 5.41) is 9.28. The number of carbonyl (C=O) groups is 1. The Hall–Kier alpha value is -2.03. The molecule has 1 aromatic carbocycles. The predicted octanol–water partition coefficient (Wildman–Crippen LogP) is 3.75. The maximum Gasteiger partial charge on any atom is 0.352 e. The molecule has 0 radical (unpaired) electrons. The molecule has 0 unspecified atom stereocenters. The smallest absolute Gasteiger partial charge is 0.352 e. The fourth-order valence-electron chi connectivity index (χ4n) is 2.53. The third-order valence-electron chi connectivity index (χ3n) is 3.68. The summed E-state index contributed by atoms with van der Waals surface area (Å²) in [5.41, 5.74) is 3.81. The van der Waals surface area contributed by atoms with Crippen LogP contribution in [-0.4, -0.2) is 15.6 Å². The topological polar surface area (TPSA) is 42.2 Å². The number of hydrogen-bond donors (Lipinski definition) is 1. The molecule has 3 nitrogen and oxygen atoms in total. The average molecular weight is 255 g/mol. The molecular weight excluding hydrogens is 238 g/mol. The number of hydrogen-bond acceptors (Lipinski definition) is 1. The van der Waals surface area contributed by atoms with E-state index >= 15 is 0 Å². The minimum Gasteiger partial charge on any atom is -0.477 e. The molecule has 1 fully saturated rings. The summed E-state index contributed by atoms with van der Waals surface area (Å²) in [5.74, 6) is -0.843. The van der Waals surface area contributed by atoms with Gasteiger partial charge in [0.2, 0.25) is 0 Å². The Kier molecular flexibility index (Phi) is 2.90. The number of aromatic carboxylic acids is 1. The summed E-state index contributed by atoms with van der Waals surface area (Å²) in [4.78, 5) is 11.3. The van der Waals surface area contributed by atoms with Gasteiger partial charge in [-0.05, 0) is 48.6 Å². The minimum atomic E-state index is -0.843. The SMILES string of the molecule is CCc1cccc(-c2ccc(C(=O)O)n2C2CC2)c1. The molecule has 0 saturated heterocycles. The van der Waals surface area contributed by atoms with E-state index in [4.69, 9.17) is 0 Å². The van der Waals surface area contributed by atoms with Gasteiger partial charge in [-0.15, -0.1) is 0 Å². The Morgan fingerprint density at radius 1 is 1.32 bits per heavy atom. The van der Waals surface area contributed by atoms with Crippen LogP contribution in [0.5, 0.6) is 0 Å². The highest BCUT2D eigenvalue weighted by molar-refractivity contribution is 5.87. The summed E-state index contributed by atoms with van der Waals surface area (Å²) < 4.78 is 1.98. The van der Waals surface area contributed by atoms with E-state index in [9.17, 15) is 9.90 Å². The van der Waals surface area contributed by atoms with Gasteiger partial charge in [-0.2, -0.15) is 0 Å². The van der Waals surface area contributed by atoms with Gasteiger partial charge in [0.25, 0.3) is 0 Å². The number of benzene rings is 1. The summed E-state index contributed by atoms with van der Waals surface area (Å²) in [6.45, 7) is 2.13. The lowest BCUT2D eigenvalue weighted by Gasteiger charge is -2.11. The van der Waals surface area contributed by atoms with Gasteiger partial charge in [0.1, 0.15) is 5.69 Å². The van der Waals surface area contributed by atoms with E-state index in [0.29, 0.717) is 11.7 Å². The number of aromatic nitrogens is 1. The number of nitrogens with zero attached hydrogens (tertiary/aromatic N) is 1. The van der Waals surface area contributed by atoms with Gasteiger partial charge in [-0.3, -0.25) is 0 Å². The Labute approximate surface area is 112 Å². The molecule has 0 aliphatic heterocycles. The second-order valence-electron chi connectivity index (χ2n) is 5.06. The maximum absolute atomic E-state index is 11.3. The summed E-state index contributed by atoms with van der Waals surface area (Å²) >= 11 is 0. The van der Waals surface area contributed by atoms with Crippen molar-refractivity contribution in [2.24, 2.45) is 0 Å². The fourth-order valence-corrected chi connectivity index (χ4v) is 2.53. The molecule has 3 rings (SSSR count). The quantitative estimate of drug-likeness (QED) is 0.904. The molecule has 3 heteroatoms. The molecular formula is C16H17NO2. The minimum absolute atomic E-state index is 0.362. The zero-order chi connectivity index (χ0) is 13.4. The number of carboxylic acid groups (broad SMARTS) is 1. The average Bonchev–Trinajstić information content (AvgIpc) is 3.16. The highest BCUT2D eigenvalue weighted by Crippen LogP contribution is 2.40. The first kappa shape index (κ1) is 12.0. The van der Waals surface area contributed by atoms with Crippen molar-refractivity contribution in [2.45, 2.75) is 32.2 Å². The Balaban J connectivity index is 2.11. The second-order valence-corrected chi connectivity index (χ2v) is 5.06. The van der Waals surface area contributed by atoms with E-state index in [2.05, 4.69) is 25.1 Å². The second kappa shape index (κ2) is 4.57. The molecule has 19 heavy (non-hydrogen) atoms.